The van der Waals surface area contributed by atoms with Gasteiger partial charge in [0.1, 0.15) is 0 Å². The minimum Gasteiger partial charge on any atom is -0.391 e. The van der Waals surface area contributed by atoms with E-state index in [1.54, 1.807) is 0 Å². The molecule has 0 heterocycles. The van der Waals surface area contributed by atoms with E-state index in [9.17, 15) is 0 Å². The van der Waals surface area contributed by atoms with Crippen LogP contribution in [0.5, 0.6) is 0 Å². The van der Waals surface area contributed by atoms with E-state index in [0.29, 0.717) is 0 Å². The molecule has 38 valence electrons. The van der Waals surface area contributed by atoms with E-state index >= 15 is 0 Å². The highest BCUT2D eigenvalue weighted by atomic mass is 35.7. The summed E-state index contributed by atoms with van der Waals surface area (Å²) in [7, 11) is -0.993. The zero-order valence-electron chi connectivity index (χ0n) is 3.13. The topological polar surface area (TPSA) is 40.5 Å². The van der Waals surface area contributed by atoms with E-state index in [4.69, 9.17) is 21.5 Å². The Labute approximate surface area is 42.3 Å². The second-order valence-electron chi connectivity index (χ2n) is 0.745. The van der Waals surface area contributed by atoms with Crippen LogP contribution in [0.1, 0.15) is 0 Å². The van der Waals surface area contributed by atoms with Gasteiger partial charge in [-0.3, -0.25) is 0 Å². The van der Waals surface area contributed by atoms with E-state index in [-0.39, 0.29) is 12.7 Å². The maximum atomic E-state index is 8.07. The Morgan fingerprint density at radius 2 is 1.67 bits per heavy atom. The van der Waals surface area contributed by atoms with E-state index in [1.165, 1.54) is 0 Å². The maximum absolute atomic E-state index is 8.07. The van der Waals surface area contributed by atoms with Gasteiger partial charge in [-0.25, -0.2) is 0 Å². The van der Waals surface area contributed by atoms with Crippen molar-refractivity contribution in [3.8, 4) is 0 Å². The van der Waals surface area contributed by atoms with Crippen LogP contribution in [0.15, 0.2) is 0 Å². The zero-order valence-corrected chi connectivity index (χ0v) is 4.78. The van der Waals surface area contributed by atoms with Crippen molar-refractivity contribution in [1.82, 2.24) is 0 Å². The van der Waals surface area contributed by atoms with Crippen LogP contribution in [0.25, 0.3) is 0 Å². The highest BCUT2D eigenvalue weighted by molar-refractivity contribution is 7.83. The molecule has 0 spiro atoms. The normalized spacial score (nSPS) is 10.0. The van der Waals surface area contributed by atoms with Gasteiger partial charge in [0.15, 0.2) is 0 Å². The van der Waals surface area contributed by atoms with Gasteiger partial charge in [0, 0.05) is 7.27 Å². The Kier molecular flexibility index (Phi) is 4.22. The Bertz CT molecular complexity index is 30.7. The van der Waals surface area contributed by atoms with Gasteiger partial charge in [-0.15, -0.1) is 0 Å². The molecule has 0 rings (SSSR count). The van der Waals surface area contributed by atoms with Crippen molar-refractivity contribution >= 4 is 18.5 Å². The lowest BCUT2D eigenvalue weighted by molar-refractivity contribution is 0.347. The molecule has 2 nitrogen and oxygen atoms in total. The zero-order chi connectivity index (χ0) is 4.99. The smallest absolute Gasteiger partial charge is 0.0788 e. The van der Waals surface area contributed by atoms with Gasteiger partial charge >= 0.3 is 0 Å². The van der Waals surface area contributed by atoms with Crippen LogP contribution in [-0.4, -0.2) is 22.9 Å². The molecule has 0 aromatic heterocycles. The first-order valence-electron chi connectivity index (χ1n) is 1.43. The fourth-order valence-electron chi connectivity index (χ4n) is 0.0447. The number of rotatable bonds is 2. The summed E-state index contributed by atoms with van der Waals surface area (Å²) in [5.41, 5.74) is 0. The molecular formula is C2H6ClO2P. The van der Waals surface area contributed by atoms with E-state index < -0.39 is 7.27 Å². The fraction of sp³-hybridized carbons (Fsp3) is 1.00. The van der Waals surface area contributed by atoms with Crippen LogP contribution in [0.2, 0.25) is 0 Å². The summed E-state index contributed by atoms with van der Waals surface area (Å²) < 4.78 is 0. The molecule has 0 aliphatic heterocycles. The van der Waals surface area contributed by atoms with E-state index in [1.807, 2.05) is 0 Å². The Hall–Kier alpha value is 0.640. The van der Waals surface area contributed by atoms with Crippen molar-refractivity contribution in [2.75, 3.05) is 12.7 Å². The summed E-state index contributed by atoms with van der Waals surface area (Å²) in [6, 6.07) is 0. The maximum Gasteiger partial charge on any atom is 0.0788 e. The first-order chi connectivity index (χ1) is 2.81. The standard InChI is InChI=1S/C2H6ClO2P/c3-6(1-4)2-5/h4-5H,1-2H2. The monoisotopic (exact) mass is 128 g/mol. The van der Waals surface area contributed by atoms with Crippen LogP contribution in [-0.2, 0) is 0 Å². The van der Waals surface area contributed by atoms with E-state index in [0.717, 1.165) is 0 Å². The molecule has 2 N–H and O–H groups in total. The molecule has 6 heavy (non-hydrogen) atoms. The minimum atomic E-state index is -0.993. The van der Waals surface area contributed by atoms with Crippen molar-refractivity contribution in [3.63, 3.8) is 0 Å². The lowest BCUT2D eigenvalue weighted by Gasteiger charge is -1.94. The number of halogens is 1. The molecule has 0 aromatic carbocycles. The second-order valence-corrected chi connectivity index (χ2v) is 3.67. The molecule has 0 radical (unpaired) electrons. The molecule has 0 amide bonds. The summed E-state index contributed by atoms with van der Waals surface area (Å²) in [6.45, 7) is 0. The van der Waals surface area contributed by atoms with Gasteiger partial charge in [-0.05, 0) is 0 Å². The molecule has 0 bridgehead atoms. The molecule has 4 heteroatoms. The SMILES string of the molecule is OCP(Cl)CO. The number of hydrogen-bond acceptors (Lipinski definition) is 2. The van der Waals surface area contributed by atoms with Gasteiger partial charge in [0.2, 0.25) is 0 Å². The lowest BCUT2D eigenvalue weighted by Crippen LogP contribution is -1.77. The van der Waals surface area contributed by atoms with Crippen molar-refractivity contribution in [3.05, 3.63) is 0 Å². The van der Waals surface area contributed by atoms with Crippen LogP contribution < -0.4 is 0 Å². The van der Waals surface area contributed by atoms with Crippen molar-refractivity contribution < 1.29 is 10.2 Å². The van der Waals surface area contributed by atoms with E-state index in [2.05, 4.69) is 0 Å². The Balaban J connectivity index is 2.75. The van der Waals surface area contributed by atoms with Crippen LogP contribution in [0.4, 0.5) is 0 Å². The van der Waals surface area contributed by atoms with Gasteiger partial charge in [0.05, 0.1) is 12.7 Å². The largest absolute Gasteiger partial charge is 0.391 e. The average Bonchev–Trinajstić information content (AvgIpc) is 1.65. The van der Waals surface area contributed by atoms with Crippen LogP contribution >= 0.6 is 18.5 Å². The Morgan fingerprint density at radius 3 is 1.67 bits per heavy atom. The van der Waals surface area contributed by atoms with Crippen molar-refractivity contribution in [2.24, 2.45) is 0 Å². The third-order valence-corrected chi connectivity index (χ3v) is 1.56. The van der Waals surface area contributed by atoms with Gasteiger partial charge in [-0.1, -0.05) is 11.2 Å². The second kappa shape index (κ2) is 3.82. The molecule has 0 aliphatic carbocycles. The first-order valence-corrected chi connectivity index (χ1v) is 4.05. The molecule has 0 saturated heterocycles. The Morgan fingerprint density at radius 1 is 1.33 bits per heavy atom. The van der Waals surface area contributed by atoms with Gasteiger partial charge < -0.3 is 10.2 Å². The fourth-order valence-corrected chi connectivity index (χ4v) is 0.134. The first kappa shape index (κ1) is 6.64. The minimum absolute atomic E-state index is 0.0899. The van der Waals surface area contributed by atoms with Crippen LogP contribution in [0, 0.1) is 0 Å². The highest BCUT2D eigenvalue weighted by Gasteiger charge is 1.94. The third-order valence-electron chi connectivity index (χ3n) is 0.307. The predicted octanol–water partition coefficient (Wildman–Crippen LogP) is 0.522. The lowest BCUT2D eigenvalue weighted by atomic mass is 11.7. The van der Waals surface area contributed by atoms with Crippen LogP contribution in [0.3, 0.4) is 0 Å². The number of hydrogen-bond donors (Lipinski definition) is 2. The summed E-state index contributed by atoms with van der Waals surface area (Å²) in [4.78, 5) is 0. The highest BCUT2D eigenvalue weighted by Crippen LogP contribution is 2.37. The summed E-state index contributed by atoms with van der Waals surface area (Å²) in [5.74, 6) is 0. The molecule has 0 aromatic rings. The average molecular weight is 128 g/mol. The molecular weight excluding hydrogens is 122 g/mol. The summed E-state index contributed by atoms with van der Waals surface area (Å²) >= 11 is 5.21. The van der Waals surface area contributed by atoms with Crippen molar-refractivity contribution in [2.45, 2.75) is 0 Å². The molecule has 0 fully saturated rings. The van der Waals surface area contributed by atoms with Gasteiger partial charge in [-0.2, -0.15) is 0 Å². The third kappa shape index (κ3) is 2.86. The number of aliphatic hydroxyl groups excluding tert-OH is 2. The molecule has 0 atom stereocenters. The predicted molar refractivity (Wildman–Crippen MR) is 26.9 cm³/mol. The van der Waals surface area contributed by atoms with Crippen molar-refractivity contribution in [1.29, 1.82) is 0 Å². The molecule has 0 unspecified atom stereocenters. The quantitative estimate of drug-likeness (QED) is 0.533. The molecule has 0 aliphatic rings. The summed E-state index contributed by atoms with van der Waals surface area (Å²) in [6.07, 6.45) is -0.180. The summed E-state index contributed by atoms with van der Waals surface area (Å²) in [5, 5.41) is 16.1. The molecule has 0 saturated carbocycles. The number of aliphatic hydroxyl groups is 2. The van der Waals surface area contributed by atoms with Gasteiger partial charge in [0.25, 0.3) is 0 Å².